The minimum atomic E-state index is 0.510. The van der Waals surface area contributed by atoms with Crippen LogP contribution >= 0.6 is 0 Å². The first-order valence-electron chi connectivity index (χ1n) is 6.12. The normalized spacial score (nSPS) is 16.6. The Morgan fingerprint density at radius 2 is 1.94 bits per heavy atom. The maximum absolute atomic E-state index is 5.54. The Bertz CT molecular complexity index is 316. The van der Waals surface area contributed by atoms with Crippen LogP contribution in [0.3, 0.4) is 0 Å². The van der Waals surface area contributed by atoms with Crippen molar-refractivity contribution < 1.29 is 0 Å². The molecule has 0 aliphatic heterocycles. The largest absolute Gasteiger partial charge is 0.338 e. The van der Waals surface area contributed by atoms with E-state index in [0.29, 0.717) is 12.6 Å². The predicted octanol–water partition coefficient (Wildman–Crippen LogP) is 1.70. The Labute approximate surface area is 96.9 Å². The van der Waals surface area contributed by atoms with Gasteiger partial charge in [0.1, 0.15) is 0 Å². The van der Waals surface area contributed by atoms with Gasteiger partial charge in [0.25, 0.3) is 0 Å². The van der Waals surface area contributed by atoms with Gasteiger partial charge in [-0.05, 0) is 19.8 Å². The quantitative estimate of drug-likeness (QED) is 0.839. The average molecular weight is 220 g/mol. The van der Waals surface area contributed by atoms with Gasteiger partial charge in [0.05, 0.1) is 0 Å². The van der Waals surface area contributed by atoms with Gasteiger partial charge in [-0.15, -0.1) is 0 Å². The van der Waals surface area contributed by atoms with Crippen LogP contribution in [0.25, 0.3) is 0 Å². The highest BCUT2D eigenvalue weighted by Gasteiger charge is 2.23. The maximum atomic E-state index is 5.54. The highest BCUT2D eigenvalue weighted by Crippen LogP contribution is 2.25. The zero-order valence-corrected chi connectivity index (χ0v) is 9.89. The smallest absolute Gasteiger partial charge is 0.225 e. The van der Waals surface area contributed by atoms with Crippen molar-refractivity contribution in [3.05, 3.63) is 18.0 Å². The second-order valence-electron chi connectivity index (χ2n) is 4.32. The molecule has 2 rings (SSSR count). The second kappa shape index (κ2) is 5.25. The highest BCUT2D eigenvalue weighted by molar-refractivity contribution is 5.31. The number of hydrogen-bond acceptors (Lipinski definition) is 4. The number of aromatic nitrogens is 2. The van der Waals surface area contributed by atoms with E-state index >= 15 is 0 Å². The molecule has 0 amide bonds. The van der Waals surface area contributed by atoms with Crippen molar-refractivity contribution in [3.63, 3.8) is 0 Å². The molecule has 0 bridgehead atoms. The van der Waals surface area contributed by atoms with Crippen LogP contribution in [0.15, 0.2) is 12.4 Å². The summed E-state index contributed by atoms with van der Waals surface area (Å²) in [5.74, 6) is 0.853. The molecule has 1 fully saturated rings. The molecule has 2 N–H and O–H groups in total. The van der Waals surface area contributed by atoms with Crippen LogP contribution in [0.4, 0.5) is 5.95 Å². The lowest BCUT2D eigenvalue weighted by Gasteiger charge is -2.27. The van der Waals surface area contributed by atoms with E-state index in [9.17, 15) is 0 Å². The van der Waals surface area contributed by atoms with E-state index < -0.39 is 0 Å². The van der Waals surface area contributed by atoms with E-state index in [1.165, 1.54) is 25.7 Å². The molecule has 1 aliphatic carbocycles. The summed E-state index contributed by atoms with van der Waals surface area (Å²) in [6.45, 7) is 3.65. The Kier molecular flexibility index (Phi) is 3.72. The van der Waals surface area contributed by atoms with Crippen molar-refractivity contribution in [2.45, 2.75) is 45.2 Å². The lowest BCUT2D eigenvalue weighted by molar-refractivity contribution is 0.604. The van der Waals surface area contributed by atoms with Gasteiger partial charge in [-0.2, -0.15) is 0 Å². The molecule has 16 heavy (non-hydrogen) atoms. The monoisotopic (exact) mass is 220 g/mol. The molecular weight excluding hydrogens is 200 g/mol. The SMILES string of the molecule is CCN(c1ncc(CN)cn1)C1CCCC1. The first-order chi connectivity index (χ1) is 7.85. The molecule has 1 aromatic heterocycles. The zero-order valence-electron chi connectivity index (χ0n) is 9.89. The van der Waals surface area contributed by atoms with E-state index in [4.69, 9.17) is 5.73 Å². The summed E-state index contributed by atoms with van der Waals surface area (Å²) in [5.41, 5.74) is 6.53. The molecular formula is C12H20N4. The Morgan fingerprint density at radius 1 is 1.31 bits per heavy atom. The zero-order chi connectivity index (χ0) is 11.4. The lowest BCUT2D eigenvalue weighted by Crippen LogP contribution is -2.34. The van der Waals surface area contributed by atoms with Crippen molar-refractivity contribution in [2.24, 2.45) is 5.73 Å². The summed E-state index contributed by atoms with van der Waals surface area (Å²) in [6, 6.07) is 0.633. The summed E-state index contributed by atoms with van der Waals surface area (Å²) < 4.78 is 0. The van der Waals surface area contributed by atoms with E-state index in [0.717, 1.165) is 18.1 Å². The molecule has 1 saturated carbocycles. The third-order valence-electron chi connectivity index (χ3n) is 3.29. The van der Waals surface area contributed by atoms with E-state index in [2.05, 4.69) is 21.8 Å². The first-order valence-corrected chi connectivity index (χ1v) is 6.12. The third-order valence-corrected chi connectivity index (χ3v) is 3.29. The molecule has 1 heterocycles. The number of anilines is 1. The van der Waals surface area contributed by atoms with Crippen LogP contribution in [0, 0.1) is 0 Å². The standard InChI is InChI=1S/C12H20N4/c1-2-16(11-5-3-4-6-11)12-14-8-10(7-13)9-15-12/h8-9,11H,2-7,13H2,1H3. The van der Waals surface area contributed by atoms with Crippen LogP contribution in [0.1, 0.15) is 38.2 Å². The number of rotatable bonds is 4. The fraction of sp³-hybridized carbons (Fsp3) is 0.667. The van der Waals surface area contributed by atoms with Gasteiger partial charge in [-0.1, -0.05) is 12.8 Å². The van der Waals surface area contributed by atoms with Gasteiger partial charge >= 0.3 is 0 Å². The minimum absolute atomic E-state index is 0.510. The van der Waals surface area contributed by atoms with E-state index in [1.807, 2.05) is 12.4 Å². The van der Waals surface area contributed by atoms with Crippen LogP contribution in [-0.4, -0.2) is 22.6 Å². The molecule has 88 valence electrons. The topological polar surface area (TPSA) is 55.0 Å². The van der Waals surface area contributed by atoms with Crippen molar-refractivity contribution in [1.82, 2.24) is 9.97 Å². The van der Waals surface area contributed by atoms with E-state index in [-0.39, 0.29) is 0 Å². The molecule has 0 atom stereocenters. The van der Waals surface area contributed by atoms with Gasteiger partial charge < -0.3 is 10.6 Å². The molecule has 4 nitrogen and oxygen atoms in total. The van der Waals surface area contributed by atoms with Crippen molar-refractivity contribution in [1.29, 1.82) is 0 Å². The number of nitrogens with zero attached hydrogens (tertiary/aromatic N) is 3. The van der Waals surface area contributed by atoms with Gasteiger partial charge in [0.15, 0.2) is 0 Å². The molecule has 1 aromatic rings. The third kappa shape index (κ3) is 2.32. The predicted molar refractivity (Wildman–Crippen MR) is 65.2 cm³/mol. The Hall–Kier alpha value is -1.16. The second-order valence-corrected chi connectivity index (χ2v) is 4.32. The molecule has 0 unspecified atom stereocenters. The van der Waals surface area contributed by atoms with Gasteiger partial charge in [-0.25, -0.2) is 9.97 Å². The fourth-order valence-corrected chi connectivity index (χ4v) is 2.38. The maximum Gasteiger partial charge on any atom is 0.225 e. The van der Waals surface area contributed by atoms with Crippen LogP contribution in [-0.2, 0) is 6.54 Å². The molecule has 1 aliphatic rings. The summed E-state index contributed by atoms with van der Waals surface area (Å²) in [7, 11) is 0. The van der Waals surface area contributed by atoms with Crippen molar-refractivity contribution >= 4 is 5.95 Å². The summed E-state index contributed by atoms with van der Waals surface area (Å²) in [5, 5.41) is 0. The van der Waals surface area contributed by atoms with Crippen LogP contribution in [0.5, 0.6) is 0 Å². The Balaban J connectivity index is 2.12. The average Bonchev–Trinajstić information content (AvgIpc) is 2.85. The number of hydrogen-bond donors (Lipinski definition) is 1. The fourth-order valence-electron chi connectivity index (χ4n) is 2.38. The molecule has 0 saturated heterocycles. The molecule has 0 spiro atoms. The minimum Gasteiger partial charge on any atom is -0.338 e. The van der Waals surface area contributed by atoms with Crippen molar-refractivity contribution in [2.75, 3.05) is 11.4 Å². The van der Waals surface area contributed by atoms with E-state index in [1.54, 1.807) is 0 Å². The summed E-state index contributed by atoms with van der Waals surface area (Å²) >= 11 is 0. The summed E-state index contributed by atoms with van der Waals surface area (Å²) in [4.78, 5) is 11.1. The van der Waals surface area contributed by atoms with Crippen molar-refractivity contribution in [3.8, 4) is 0 Å². The highest BCUT2D eigenvalue weighted by atomic mass is 15.3. The van der Waals surface area contributed by atoms with Crippen LogP contribution < -0.4 is 10.6 Å². The molecule has 0 radical (unpaired) electrons. The number of nitrogens with two attached hydrogens (primary N) is 1. The van der Waals surface area contributed by atoms with Crippen LogP contribution in [0.2, 0.25) is 0 Å². The molecule has 4 heteroatoms. The molecule has 0 aromatic carbocycles. The van der Waals surface area contributed by atoms with Gasteiger partial charge in [0, 0.05) is 37.1 Å². The first kappa shape index (κ1) is 11.3. The lowest BCUT2D eigenvalue weighted by atomic mass is 10.2. The van der Waals surface area contributed by atoms with Gasteiger partial charge in [-0.3, -0.25) is 0 Å². The Morgan fingerprint density at radius 3 is 2.44 bits per heavy atom. The van der Waals surface area contributed by atoms with Gasteiger partial charge in [0.2, 0.25) is 5.95 Å². The summed E-state index contributed by atoms with van der Waals surface area (Å²) in [6.07, 6.45) is 8.88.